The molecule has 2 unspecified atom stereocenters. The Kier molecular flexibility index (Phi) is 6.40. The first kappa shape index (κ1) is 15.5. The Bertz CT molecular complexity index is 386. The third kappa shape index (κ3) is 4.93. The molecule has 0 aromatic heterocycles. The van der Waals surface area contributed by atoms with Gasteiger partial charge in [-0.3, -0.25) is 5.41 Å². The summed E-state index contributed by atoms with van der Waals surface area (Å²) >= 11 is 0. The molecule has 2 atom stereocenters. The monoisotopic (exact) mass is 262 g/mol. The third-order valence-corrected chi connectivity index (χ3v) is 3.84. The van der Waals surface area contributed by atoms with Gasteiger partial charge in [0.25, 0.3) is 0 Å². The predicted octanol–water partition coefficient (Wildman–Crippen LogP) is 3.93. The number of nitrogens with one attached hydrogen (secondary N) is 1. The molecule has 0 saturated carbocycles. The molecule has 0 heterocycles. The fraction of sp³-hybridized carbons (Fsp3) is 0.562. The van der Waals surface area contributed by atoms with Gasteiger partial charge in [0.15, 0.2) is 0 Å². The van der Waals surface area contributed by atoms with Crippen molar-refractivity contribution in [3.63, 3.8) is 0 Å². The summed E-state index contributed by atoms with van der Waals surface area (Å²) in [4.78, 5) is 0. The van der Waals surface area contributed by atoms with E-state index in [0.717, 1.165) is 25.0 Å². The van der Waals surface area contributed by atoms with Crippen LogP contribution in [-0.4, -0.2) is 12.9 Å². The molecule has 3 nitrogen and oxygen atoms in total. The molecule has 0 bridgehead atoms. The van der Waals surface area contributed by atoms with Gasteiger partial charge in [0.1, 0.15) is 5.75 Å². The fourth-order valence-corrected chi connectivity index (χ4v) is 2.43. The Labute approximate surface area is 116 Å². The summed E-state index contributed by atoms with van der Waals surface area (Å²) in [5, 5.41) is 7.31. The number of ether oxygens (including phenoxy) is 1. The molecule has 0 aliphatic rings. The SMILES string of the molecule is CCC(C)C(CCCC(=N)N)c1ccc(OC)cc1. The molecule has 3 heteroatoms. The van der Waals surface area contributed by atoms with Crippen LogP contribution in [0.1, 0.15) is 51.0 Å². The molecule has 19 heavy (non-hydrogen) atoms. The van der Waals surface area contributed by atoms with Crippen molar-refractivity contribution in [2.45, 2.75) is 45.4 Å². The topological polar surface area (TPSA) is 59.1 Å². The van der Waals surface area contributed by atoms with Crippen molar-refractivity contribution >= 4 is 5.84 Å². The van der Waals surface area contributed by atoms with Gasteiger partial charge in [0.2, 0.25) is 0 Å². The second kappa shape index (κ2) is 7.82. The molecule has 1 aromatic rings. The number of hydrogen-bond donors (Lipinski definition) is 2. The van der Waals surface area contributed by atoms with Gasteiger partial charge in [-0.2, -0.15) is 0 Å². The molecule has 0 saturated heterocycles. The third-order valence-electron chi connectivity index (χ3n) is 3.84. The summed E-state index contributed by atoms with van der Waals surface area (Å²) < 4.78 is 5.20. The van der Waals surface area contributed by atoms with Crippen molar-refractivity contribution in [3.05, 3.63) is 29.8 Å². The van der Waals surface area contributed by atoms with Gasteiger partial charge in [-0.1, -0.05) is 32.4 Å². The lowest BCUT2D eigenvalue weighted by Crippen LogP contribution is -2.13. The summed E-state index contributed by atoms with van der Waals surface area (Å²) in [5.41, 5.74) is 6.79. The van der Waals surface area contributed by atoms with Crippen LogP contribution < -0.4 is 10.5 Å². The average Bonchev–Trinajstić information content (AvgIpc) is 2.43. The summed E-state index contributed by atoms with van der Waals surface area (Å²) in [6.07, 6.45) is 3.93. The number of nitrogens with two attached hydrogens (primary N) is 1. The molecule has 0 radical (unpaired) electrons. The minimum absolute atomic E-state index is 0.289. The molecule has 0 amide bonds. The van der Waals surface area contributed by atoms with E-state index in [1.165, 1.54) is 5.56 Å². The van der Waals surface area contributed by atoms with E-state index in [1.54, 1.807) is 7.11 Å². The van der Waals surface area contributed by atoms with Crippen LogP contribution in [0.2, 0.25) is 0 Å². The van der Waals surface area contributed by atoms with Crippen LogP contribution in [0.4, 0.5) is 0 Å². The normalized spacial score (nSPS) is 13.8. The molecule has 0 aliphatic carbocycles. The molecule has 0 spiro atoms. The van der Waals surface area contributed by atoms with Crippen LogP contribution in [0, 0.1) is 11.3 Å². The lowest BCUT2D eigenvalue weighted by atomic mass is 9.82. The molecule has 0 fully saturated rings. The Balaban J connectivity index is 2.74. The largest absolute Gasteiger partial charge is 0.497 e. The number of amidine groups is 1. The zero-order chi connectivity index (χ0) is 14.3. The molecule has 3 N–H and O–H groups in total. The minimum atomic E-state index is 0.289. The van der Waals surface area contributed by atoms with Crippen LogP contribution in [0.5, 0.6) is 5.75 Å². The van der Waals surface area contributed by atoms with E-state index in [9.17, 15) is 0 Å². The van der Waals surface area contributed by atoms with E-state index in [4.69, 9.17) is 15.9 Å². The lowest BCUT2D eigenvalue weighted by molar-refractivity contribution is 0.407. The van der Waals surface area contributed by atoms with Gasteiger partial charge in [0.05, 0.1) is 12.9 Å². The van der Waals surface area contributed by atoms with Crippen LogP contribution in [0.25, 0.3) is 0 Å². The van der Waals surface area contributed by atoms with Crippen molar-refractivity contribution < 1.29 is 4.74 Å². The quantitative estimate of drug-likeness (QED) is 0.551. The van der Waals surface area contributed by atoms with Gasteiger partial charge >= 0.3 is 0 Å². The van der Waals surface area contributed by atoms with Gasteiger partial charge in [0, 0.05) is 6.42 Å². The second-order valence-electron chi connectivity index (χ2n) is 5.18. The van der Waals surface area contributed by atoms with Crippen LogP contribution >= 0.6 is 0 Å². The maximum Gasteiger partial charge on any atom is 0.118 e. The Morgan fingerprint density at radius 2 is 1.95 bits per heavy atom. The predicted molar refractivity (Wildman–Crippen MR) is 81.0 cm³/mol. The number of methoxy groups -OCH3 is 1. The van der Waals surface area contributed by atoms with E-state index in [-0.39, 0.29) is 5.84 Å². The smallest absolute Gasteiger partial charge is 0.118 e. The van der Waals surface area contributed by atoms with Crippen molar-refractivity contribution in [3.8, 4) is 5.75 Å². The second-order valence-corrected chi connectivity index (χ2v) is 5.18. The number of hydrogen-bond acceptors (Lipinski definition) is 2. The van der Waals surface area contributed by atoms with Crippen molar-refractivity contribution in [1.82, 2.24) is 0 Å². The van der Waals surface area contributed by atoms with E-state index in [1.807, 2.05) is 12.1 Å². The number of benzene rings is 1. The van der Waals surface area contributed by atoms with Crippen LogP contribution in [-0.2, 0) is 0 Å². The Morgan fingerprint density at radius 1 is 1.32 bits per heavy atom. The van der Waals surface area contributed by atoms with Crippen molar-refractivity contribution in [1.29, 1.82) is 5.41 Å². The molecular formula is C16H26N2O. The average molecular weight is 262 g/mol. The summed E-state index contributed by atoms with van der Waals surface area (Å²) in [6, 6.07) is 8.36. The summed E-state index contributed by atoms with van der Waals surface area (Å²) in [5.74, 6) is 2.36. The van der Waals surface area contributed by atoms with E-state index in [0.29, 0.717) is 18.3 Å². The maximum absolute atomic E-state index is 7.31. The van der Waals surface area contributed by atoms with Crippen LogP contribution in [0.15, 0.2) is 24.3 Å². The zero-order valence-corrected chi connectivity index (χ0v) is 12.3. The zero-order valence-electron chi connectivity index (χ0n) is 12.3. The van der Waals surface area contributed by atoms with E-state index in [2.05, 4.69) is 26.0 Å². The molecular weight excluding hydrogens is 236 g/mol. The van der Waals surface area contributed by atoms with E-state index < -0.39 is 0 Å². The van der Waals surface area contributed by atoms with Gasteiger partial charge in [-0.15, -0.1) is 0 Å². The van der Waals surface area contributed by atoms with Crippen LogP contribution in [0.3, 0.4) is 0 Å². The minimum Gasteiger partial charge on any atom is -0.497 e. The first-order chi connectivity index (χ1) is 9.08. The first-order valence-corrected chi connectivity index (χ1v) is 7.05. The molecule has 1 aromatic carbocycles. The standard InChI is InChI=1S/C16H26N2O/c1-4-12(2)15(6-5-7-16(17)18)13-8-10-14(19-3)11-9-13/h8-12,15H,4-7H2,1-3H3,(H3,17,18). The highest BCUT2D eigenvalue weighted by Gasteiger charge is 2.17. The summed E-state index contributed by atoms with van der Waals surface area (Å²) in [6.45, 7) is 4.52. The van der Waals surface area contributed by atoms with Crippen molar-refractivity contribution in [2.24, 2.45) is 11.7 Å². The number of rotatable bonds is 8. The van der Waals surface area contributed by atoms with Gasteiger partial charge in [-0.25, -0.2) is 0 Å². The fourth-order valence-electron chi connectivity index (χ4n) is 2.43. The summed E-state index contributed by atoms with van der Waals surface area (Å²) in [7, 11) is 1.69. The van der Waals surface area contributed by atoms with Gasteiger partial charge in [-0.05, 0) is 42.4 Å². The van der Waals surface area contributed by atoms with Crippen molar-refractivity contribution in [2.75, 3.05) is 7.11 Å². The Morgan fingerprint density at radius 3 is 2.42 bits per heavy atom. The Hall–Kier alpha value is -1.51. The van der Waals surface area contributed by atoms with Gasteiger partial charge < -0.3 is 10.5 Å². The highest BCUT2D eigenvalue weighted by atomic mass is 16.5. The van der Waals surface area contributed by atoms with E-state index >= 15 is 0 Å². The molecule has 0 aliphatic heterocycles. The first-order valence-electron chi connectivity index (χ1n) is 7.05. The highest BCUT2D eigenvalue weighted by Crippen LogP contribution is 2.32. The lowest BCUT2D eigenvalue weighted by Gasteiger charge is -2.23. The molecule has 106 valence electrons. The molecule has 1 rings (SSSR count). The maximum atomic E-state index is 7.31. The highest BCUT2D eigenvalue weighted by molar-refractivity contribution is 5.76.